The van der Waals surface area contributed by atoms with Crippen molar-refractivity contribution in [3.8, 4) is 11.5 Å². The van der Waals surface area contributed by atoms with Crippen LogP contribution in [0, 0.1) is 5.92 Å². The number of likely N-dealkylation sites (tertiary alicyclic amines) is 1. The van der Waals surface area contributed by atoms with E-state index < -0.39 is 0 Å². The molecule has 0 bridgehead atoms. The SMILES string of the molecule is CCOc1ccccc1OCNC(=O)N1CCC(C)CC1. The largest absolute Gasteiger partial charge is 0.490 e. The maximum atomic E-state index is 12.0. The van der Waals surface area contributed by atoms with Crippen LogP contribution in [0.25, 0.3) is 0 Å². The first-order chi connectivity index (χ1) is 10.2. The predicted octanol–water partition coefficient (Wildman–Crippen LogP) is 2.86. The number of urea groups is 1. The number of rotatable bonds is 5. The number of nitrogens with zero attached hydrogens (tertiary/aromatic N) is 1. The number of carbonyl (C=O) groups is 1. The molecular formula is C16H24N2O3. The topological polar surface area (TPSA) is 50.8 Å². The van der Waals surface area contributed by atoms with Crippen molar-refractivity contribution in [3.63, 3.8) is 0 Å². The summed E-state index contributed by atoms with van der Waals surface area (Å²) in [5.74, 6) is 2.05. The summed E-state index contributed by atoms with van der Waals surface area (Å²) in [5.41, 5.74) is 0. The lowest BCUT2D eigenvalue weighted by Gasteiger charge is -2.30. The minimum Gasteiger partial charge on any atom is -0.490 e. The number of nitrogens with one attached hydrogen (secondary N) is 1. The van der Waals surface area contributed by atoms with Gasteiger partial charge in [-0.15, -0.1) is 0 Å². The van der Waals surface area contributed by atoms with Crippen molar-refractivity contribution in [2.75, 3.05) is 26.4 Å². The molecule has 0 spiro atoms. The molecular weight excluding hydrogens is 268 g/mol. The molecule has 0 unspecified atom stereocenters. The average molecular weight is 292 g/mol. The third kappa shape index (κ3) is 4.55. The molecule has 1 aliphatic rings. The van der Waals surface area contributed by atoms with Gasteiger partial charge in [0.1, 0.15) is 0 Å². The van der Waals surface area contributed by atoms with Crippen LogP contribution in [0.5, 0.6) is 11.5 Å². The van der Waals surface area contributed by atoms with Gasteiger partial charge in [0.25, 0.3) is 0 Å². The van der Waals surface area contributed by atoms with Gasteiger partial charge in [-0.1, -0.05) is 19.1 Å². The zero-order chi connectivity index (χ0) is 15.1. The Balaban J connectivity index is 1.77. The summed E-state index contributed by atoms with van der Waals surface area (Å²) < 4.78 is 11.1. The van der Waals surface area contributed by atoms with Crippen molar-refractivity contribution < 1.29 is 14.3 Å². The quantitative estimate of drug-likeness (QED) is 0.849. The molecule has 21 heavy (non-hydrogen) atoms. The number of ether oxygens (including phenoxy) is 2. The van der Waals surface area contributed by atoms with Crippen molar-refractivity contribution in [1.82, 2.24) is 10.2 Å². The number of benzene rings is 1. The van der Waals surface area contributed by atoms with Crippen molar-refractivity contribution >= 4 is 6.03 Å². The Labute approximate surface area is 126 Å². The first-order valence-corrected chi connectivity index (χ1v) is 7.58. The number of amides is 2. The molecule has 1 heterocycles. The van der Waals surface area contributed by atoms with Gasteiger partial charge in [-0.2, -0.15) is 0 Å². The van der Waals surface area contributed by atoms with E-state index in [0.29, 0.717) is 24.0 Å². The second kappa shape index (κ2) is 7.76. The molecule has 0 radical (unpaired) electrons. The van der Waals surface area contributed by atoms with E-state index in [9.17, 15) is 4.79 Å². The number of carbonyl (C=O) groups excluding carboxylic acids is 1. The lowest BCUT2D eigenvalue weighted by atomic mass is 10.00. The third-order valence-electron chi connectivity index (χ3n) is 3.67. The van der Waals surface area contributed by atoms with Gasteiger partial charge in [-0.05, 0) is 37.8 Å². The Morgan fingerprint density at radius 2 is 1.86 bits per heavy atom. The van der Waals surface area contributed by atoms with Crippen LogP contribution < -0.4 is 14.8 Å². The molecule has 1 saturated heterocycles. The number of piperidine rings is 1. The maximum absolute atomic E-state index is 12.0. The van der Waals surface area contributed by atoms with E-state index in [1.165, 1.54) is 0 Å². The smallest absolute Gasteiger partial charge is 0.320 e. The van der Waals surface area contributed by atoms with Gasteiger partial charge in [0.2, 0.25) is 0 Å². The highest BCUT2D eigenvalue weighted by molar-refractivity contribution is 5.74. The maximum Gasteiger partial charge on any atom is 0.320 e. The van der Waals surface area contributed by atoms with Crippen LogP contribution in [-0.4, -0.2) is 37.4 Å². The van der Waals surface area contributed by atoms with Gasteiger partial charge in [0.05, 0.1) is 6.61 Å². The van der Waals surface area contributed by atoms with E-state index in [2.05, 4.69) is 12.2 Å². The van der Waals surface area contributed by atoms with Crippen LogP contribution >= 0.6 is 0 Å². The summed E-state index contributed by atoms with van der Waals surface area (Å²) in [5, 5.41) is 2.79. The first-order valence-electron chi connectivity index (χ1n) is 7.58. The molecule has 0 atom stereocenters. The number of hydrogen-bond acceptors (Lipinski definition) is 3. The van der Waals surface area contributed by atoms with Crippen LogP contribution in [0.2, 0.25) is 0 Å². The molecule has 1 N–H and O–H groups in total. The lowest BCUT2D eigenvalue weighted by Crippen LogP contribution is -2.45. The van der Waals surface area contributed by atoms with E-state index in [-0.39, 0.29) is 12.8 Å². The van der Waals surface area contributed by atoms with Crippen LogP contribution in [-0.2, 0) is 0 Å². The molecule has 1 aromatic carbocycles. The van der Waals surface area contributed by atoms with E-state index in [1.54, 1.807) is 0 Å². The van der Waals surface area contributed by atoms with Gasteiger partial charge >= 0.3 is 6.03 Å². The van der Waals surface area contributed by atoms with Crippen molar-refractivity contribution in [2.24, 2.45) is 5.92 Å². The Hall–Kier alpha value is -1.91. The highest BCUT2D eigenvalue weighted by atomic mass is 16.5. The third-order valence-corrected chi connectivity index (χ3v) is 3.67. The summed E-state index contributed by atoms with van der Waals surface area (Å²) in [4.78, 5) is 13.9. The lowest BCUT2D eigenvalue weighted by molar-refractivity contribution is 0.163. The summed E-state index contributed by atoms with van der Waals surface area (Å²) in [6.07, 6.45) is 2.14. The van der Waals surface area contributed by atoms with Gasteiger partial charge in [0.15, 0.2) is 18.2 Å². The van der Waals surface area contributed by atoms with E-state index in [0.717, 1.165) is 25.9 Å². The molecule has 2 amide bonds. The Morgan fingerprint density at radius 1 is 1.24 bits per heavy atom. The summed E-state index contributed by atoms with van der Waals surface area (Å²) in [6.45, 7) is 6.53. The van der Waals surface area contributed by atoms with E-state index >= 15 is 0 Å². The summed E-state index contributed by atoms with van der Waals surface area (Å²) in [7, 11) is 0. The second-order valence-corrected chi connectivity index (χ2v) is 5.32. The minimum absolute atomic E-state index is 0.0595. The fourth-order valence-electron chi connectivity index (χ4n) is 2.34. The fraction of sp³-hybridized carbons (Fsp3) is 0.562. The minimum atomic E-state index is -0.0595. The van der Waals surface area contributed by atoms with Crippen LogP contribution in [0.4, 0.5) is 4.79 Å². The Bertz CT molecular complexity index is 457. The number of para-hydroxylation sites is 2. The second-order valence-electron chi connectivity index (χ2n) is 5.32. The normalized spacial score (nSPS) is 15.6. The molecule has 0 aliphatic carbocycles. The van der Waals surface area contributed by atoms with Crippen molar-refractivity contribution in [2.45, 2.75) is 26.7 Å². The van der Waals surface area contributed by atoms with Gasteiger partial charge in [-0.3, -0.25) is 0 Å². The molecule has 5 nitrogen and oxygen atoms in total. The average Bonchev–Trinajstić information content (AvgIpc) is 2.50. The Kier molecular flexibility index (Phi) is 5.72. The van der Waals surface area contributed by atoms with E-state index in [1.807, 2.05) is 36.1 Å². The fourth-order valence-corrected chi connectivity index (χ4v) is 2.34. The summed E-state index contributed by atoms with van der Waals surface area (Å²) >= 11 is 0. The molecule has 0 saturated carbocycles. The molecule has 5 heteroatoms. The van der Waals surface area contributed by atoms with Gasteiger partial charge in [0, 0.05) is 13.1 Å². The van der Waals surface area contributed by atoms with Gasteiger partial charge in [-0.25, -0.2) is 4.79 Å². The van der Waals surface area contributed by atoms with Gasteiger partial charge < -0.3 is 19.7 Å². The van der Waals surface area contributed by atoms with E-state index in [4.69, 9.17) is 9.47 Å². The zero-order valence-corrected chi connectivity index (χ0v) is 12.8. The highest BCUT2D eigenvalue weighted by Gasteiger charge is 2.19. The van der Waals surface area contributed by atoms with Crippen LogP contribution in [0.1, 0.15) is 26.7 Å². The summed E-state index contributed by atoms with van der Waals surface area (Å²) in [6, 6.07) is 7.40. The van der Waals surface area contributed by atoms with Crippen molar-refractivity contribution in [3.05, 3.63) is 24.3 Å². The predicted molar refractivity (Wildman–Crippen MR) is 81.6 cm³/mol. The molecule has 0 aromatic heterocycles. The molecule has 2 rings (SSSR count). The Morgan fingerprint density at radius 3 is 2.48 bits per heavy atom. The first kappa shape index (κ1) is 15.5. The zero-order valence-electron chi connectivity index (χ0n) is 12.8. The molecule has 116 valence electrons. The monoisotopic (exact) mass is 292 g/mol. The molecule has 1 fully saturated rings. The molecule has 1 aliphatic heterocycles. The standard InChI is InChI=1S/C16H24N2O3/c1-3-20-14-6-4-5-7-15(14)21-12-17-16(19)18-10-8-13(2)9-11-18/h4-7,13H,3,8-12H2,1-2H3,(H,17,19). The highest BCUT2D eigenvalue weighted by Crippen LogP contribution is 2.26. The number of hydrogen-bond donors (Lipinski definition) is 1. The van der Waals surface area contributed by atoms with Crippen molar-refractivity contribution in [1.29, 1.82) is 0 Å². The van der Waals surface area contributed by atoms with Crippen LogP contribution in [0.3, 0.4) is 0 Å². The molecule has 1 aromatic rings. The van der Waals surface area contributed by atoms with Crippen LogP contribution in [0.15, 0.2) is 24.3 Å².